The Kier molecular flexibility index (Phi) is 5.03. The molecule has 3 atom stereocenters. The molecule has 1 aromatic rings. The quantitative estimate of drug-likeness (QED) is 0.784. The van der Waals surface area contributed by atoms with E-state index < -0.39 is 0 Å². The number of ether oxygens (including phenoxy) is 2. The van der Waals surface area contributed by atoms with Crippen molar-refractivity contribution < 1.29 is 14.3 Å². The number of rotatable bonds is 4. The number of hydrogen-bond acceptors (Lipinski definition) is 5. The van der Waals surface area contributed by atoms with Crippen LogP contribution in [-0.4, -0.2) is 92.3 Å². The summed E-state index contributed by atoms with van der Waals surface area (Å²) in [6, 6.07) is 9.29. The van der Waals surface area contributed by atoms with E-state index in [0.717, 1.165) is 38.6 Å². The zero-order chi connectivity index (χ0) is 19.1. The second-order valence-corrected chi connectivity index (χ2v) is 8.67. The fourth-order valence-corrected chi connectivity index (χ4v) is 5.91. The molecule has 0 aromatic heterocycles. The molecule has 28 heavy (non-hydrogen) atoms. The highest BCUT2D eigenvalue weighted by molar-refractivity contribution is 5.79. The Morgan fingerprint density at radius 1 is 1.14 bits per heavy atom. The van der Waals surface area contributed by atoms with Gasteiger partial charge in [-0.05, 0) is 49.5 Å². The SMILES string of the molecule is COc1cccc([C@@H]2CN(C(=O)CN3CCOCC3)[C@H]3C4CCN(CC4)[C@@H]23)c1. The van der Waals surface area contributed by atoms with Crippen LogP contribution in [0.3, 0.4) is 0 Å². The summed E-state index contributed by atoms with van der Waals surface area (Å²) in [6.45, 7) is 6.92. The van der Waals surface area contributed by atoms with Crippen molar-refractivity contribution in [3.05, 3.63) is 29.8 Å². The molecule has 2 bridgehead atoms. The van der Waals surface area contributed by atoms with Gasteiger partial charge >= 0.3 is 0 Å². The van der Waals surface area contributed by atoms with Crippen molar-refractivity contribution in [1.82, 2.24) is 14.7 Å². The number of morpholine rings is 1. The van der Waals surface area contributed by atoms with Crippen molar-refractivity contribution in [3.8, 4) is 5.75 Å². The van der Waals surface area contributed by atoms with Crippen LogP contribution in [0.25, 0.3) is 0 Å². The second kappa shape index (κ2) is 7.65. The molecule has 5 aliphatic rings. The number of amides is 1. The van der Waals surface area contributed by atoms with Crippen LogP contribution in [0.15, 0.2) is 24.3 Å². The maximum Gasteiger partial charge on any atom is 0.237 e. The first-order chi connectivity index (χ1) is 13.7. The number of benzene rings is 1. The molecule has 6 heteroatoms. The Morgan fingerprint density at radius 2 is 1.93 bits per heavy atom. The van der Waals surface area contributed by atoms with Gasteiger partial charge in [0, 0.05) is 31.6 Å². The smallest absolute Gasteiger partial charge is 0.237 e. The number of carbonyl (C=O) groups excluding carboxylic acids is 1. The van der Waals surface area contributed by atoms with Crippen LogP contribution in [0, 0.1) is 5.92 Å². The maximum atomic E-state index is 13.3. The summed E-state index contributed by atoms with van der Waals surface area (Å²) in [4.78, 5) is 20.5. The van der Waals surface area contributed by atoms with Gasteiger partial charge in [-0.1, -0.05) is 12.1 Å². The fourth-order valence-electron chi connectivity index (χ4n) is 5.91. The highest BCUT2D eigenvalue weighted by Gasteiger charge is 2.54. The Hall–Kier alpha value is -1.63. The minimum Gasteiger partial charge on any atom is -0.497 e. The van der Waals surface area contributed by atoms with Gasteiger partial charge in [-0.25, -0.2) is 0 Å². The third-order valence-electron chi connectivity index (χ3n) is 7.30. The van der Waals surface area contributed by atoms with Crippen LogP contribution in [-0.2, 0) is 9.53 Å². The molecule has 0 saturated carbocycles. The number of nitrogens with zero attached hydrogens (tertiary/aromatic N) is 3. The average Bonchev–Trinajstić information content (AvgIpc) is 3.18. The molecule has 5 heterocycles. The number of methoxy groups -OCH3 is 1. The third-order valence-corrected chi connectivity index (χ3v) is 7.30. The number of hydrogen-bond donors (Lipinski definition) is 0. The van der Waals surface area contributed by atoms with Gasteiger partial charge in [-0.15, -0.1) is 0 Å². The van der Waals surface area contributed by atoms with Crippen molar-refractivity contribution in [3.63, 3.8) is 0 Å². The first-order valence-electron chi connectivity index (χ1n) is 10.7. The molecule has 0 N–H and O–H groups in total. The highest BCUT2D eigenvalue weighted by Crippen LogP contribution is 2.46. The lowest BCUT2D eigenvalue weighted by atomic mass is 9.75. The van der Waals surface area contributed by atoms with Crippen LogP contribution in [0.5, 0.6) is 5.75 Å². The van der Waals surface area contributed by atoms with Gasteiger partial charge in [0.05, 0.1) is 32.9 Å². The first-order valence-corrected chi connectivity index (χ1v) is 10.7. The second-order valence-electron chi connectivity index (χ2n) is 8.67. The highest BCUT2D eigenvalue weighted by atomic mass is 16.5. The van der Waals surface area contributed by atoms with E-state index in [2.05, 4.69) is 32.9 Å². The van der Waals surface area contributed by atoms with Crippen LogP contribution < -0.4 is 4.74 Å². The third kappa shape index (κ3) is 3.21. The molecule has 0 radical (unpaired) electrons. The lowest BCUT2D eigenvalue weighted by Gasteiger charge is -2.51. The Morgan fingerprint density at radius 3 is 2.68 bits per heavy atom. The van der Waals surface area contributed by atoms with Crippen LogP contribution in [0.1, 0.15) is 24.3 Å². The molecule has 6 rings (SSSR count). The van der Waals surface area contributed by atoms with Crippen molar-refractivity contribution in [1.29, 1.82) is 0 Å². The average molecular weight is 386 g/mol. The standard InChI is InChI=1S/C22H31N3O3/c1-27-18-4-2-3-17(13-18)19-14-25(20(26)15-23-9-11-28-12-10-23)21-16-5-7-24(8-6-16)22(19)21/h2-4,13,16,19,21-22H,5-12,14-15H2,1H3/t19-,21-,22-/m0/s1. The summed E-state index contributed by atoms with van der Waals surface area (Å²) in [5.74, 6) is 2.23. The Balaban J connectivity index is 1.41. The largest absolute Gasteiger partial charge is 0.497 e. The molecule has 5 saturated heterocycles. The molecule has 152 valence electrons. The maximum absolute atomic E-state index is 13.3. The molecule has 5 aliphatic heterocycles. The predicted molar refractivity (Wildman–Crippen MR) is 107 cm³/mol. The summed E-state index contributed by atoms with van der Waals surface area (Å²) in [5, 5.41) is 0. The Labute approximate surface area is 167 Å². The van der Waals surface area contributed by atoms with Crippen LogP contribution in [0.2, 0.25) is 0 Å². The van der Waals surface area contributed by atoms with Gasteiger partial charge in [-0.2, -0.15) is 0 Å². The van der Waals surface area contributed by atoms with E-state index >= 15 is 0 Å². The summed E-state index contributed by atoms with van der Waals surface area (Å²) in [5.41, 5.74) is 1.31. The predicted octanol–water partition coefficient (Wildman–Crippen LogP) is 1.42. The van der Waals surface area contributed by atoms with Crippen molar-refractivity contribution in [2.24, 2.45) is 5.92 Å². The molecule has 6 nitrogen and oxygen atoms in total. The summed E-state index contributed by atoms with van der Waals surface area (Å²) >= 11 is 0. The molecule has 1 amide bonds. The molecule has 0 aliphatic carbocycles. The molecule has 0 spiro atoms. The molecule has 0 unspecified atom stereocenters. The van der Waals surface area contributed by atoms with E-state index in [1.165, 1.54) is 31.5 Å². The van der Waals surface area contributed by atoms with E-state index in [1.54, 1.807) is 7.11 Å². The van der Waals surface area contributed by atoms with Crippen molar-refractivity contribution in [2.75, 3.05) is 59.6 Å². The Bertz CT molecular complexity index is 713. The van der Waals surface area contributed by atoms with E-state index in [4.69, 9.17) is 9.47 Å². The van der Waals surface area contributed by atoms with Gasteiger partial charge in [-0.3, -0.25) is 14.6 Å². The summed E-state index contributed by atoms with van der Waals surface area (Å²) in [7, 11) is 1.72. The fraction of sp³-hybridized carbons (Fsp3) is 0.682. The number of piperidine rings is 3. The molecule has 5 fully saturated rings. The first kappa shape index (κ1) is 18.4. The van der Waals surface area contributed by atoms with E-state index in [9.17, 15) is 4.79 Å². The van der Waals surface area contributed by atoms with Gasteiger partial charge in [0.25, 0.3) is 0 Å². The normalized spacial score (nSPS) is 35.0. The molecular weight excluding hydrogens is 354 g/mol. The lowest BCUT2D eigenvalue weighted by molar-refractivity contribution is -0.138. The zero-order valence-electron chi connectivity index (χ0n) is 16.8. The van der Waals surface area contributed by atoms with E-state index in [-0.39, 0.29) is 0 Å². The zero-order valence-corrected chi connectivity index (χ0v) is 16.8. The van der Waals surface area contributed by atoms with Gasteiger partial charge in [0.1, 0.15) is 5.75 Å². The molecule has 1 aromatic carbocycles. The molecular formula is C22H31N3O3. The monoisotopic (exact) mass is 385 g/mol. The minimum absolute atomic E-state index is 0.302. The lowest BCUT2D eigenvalue weighted by Crippen LogP contribution is -2.61. The van der Waals surface area contributed by atoms with Crippen molar-refractivity contribution >= 4 is 5.91 Å². The van der Waals surface area contributed by atoms with E-state index in [1.807, 2.05) is 6.07 Å². The van der Waals surface area contributed by atoms with Gasteiger partial charge < -0.3 is 14.4 Å². The van der Waals surface area contributed by atoms with E-state index in [0.29, 0.717) is 36.4 Å². The number of carbonyl (C=O) groups is 1. The number of likely N-dealkylation sites (tertiary alicyclic amines) is 1. The van der Waals surface area contributed by atoms with Crippen LogP contribution >= 0.6 is 0 Å². The minimum atomic E-state index is 0.302. The summed E-state index contributed by atoms with van der Waals surface area (Å²) < 4.78 is 10.9. The van der Waals surface area contributed by atoms with Gasteiger partial charge in [0.15, 0.2) is 0 Å². The van der Waals surface area contributed by atoms with Crippen molar-refractivity contribution in [2.45, 2.75) is 30.8 Å². The van der Waals surface area contributed by atoms with Gasteiger partial charge in [0.2, 0.25) is 5.91 Å². The summed E-state index contributed by atoms with van der Waals surface area (Å²) in [6.07, 6.45) is 2.46. The topological polar surface area (TPSA) is 45.3 Å². The number of fused-ring (bicyclic) bond motifs is 2. The van der Waals surface area contributed by atoms with Crippen LogP contribution in [0.4, 0.5) is 0 Å².